The van der Waals surface area contributed by atoms with E-state index in [0.717, 1.165) is 12.8 Å². The Balaban J connectivity index is 2.73. The van der Waals surface area contributed by atoms with Crippen LogP contribution in [0.5, 0.6) is 5.75 Å². The minimum Gasteiger partial charge on any atom is -0.490 e. The van der Waals surface area contributed by atoms with Crippen LogP contribution in [0.4, 0.5) is 8.78 Å². The van der Waals surface area contributed by atoms with Gasteiger partial charge >= 0.3 is 0 Å². The quantitative estimate of drug-likeness (QED) is 0.528. The van der Waals surface area contributed by atoms with Gasteiger partial charge in [-0.2, -0.15) is 4.39 Å². The van der Waals surface area contributed by atoms with E-state index in [1.54, 1.807) is 0 Å². The average Bonchev–Trinajstić information content (AvgIpc) is 2.18. The number of halogens is 2. The smallest absolute Gasteiger partial charge is 0.199 e. The summed E-state index contributed by atoms with van der Waals surface area (Å²) in [6.45, 7) is 2.38. The minimum atomic E-state index is -1.04. The van der Waals surface area contributed by atoms with Crippen LogP contribution in [0.25, 0.3) is 0 Å². The maximum absolute atomic E-state index is 13.1. The van der Waals surface area contributed by atoms with Crippen molar-refractivity contribution in [1.29, 1.82) is 0 Å². The molecule has 1 aromatic rings. The van der Waals surface area contributed by atoms with Crippen molar-refractivity contribution >= 4 is 13.3 Å². The van der Waals surface area contributed by atoms with E-state index >= 15 is 0 Å². The third-order valence-electron chi connectivity index (χ3n) is 1.83. The first kappa shape index (κ1) is 11.0. The van der Waals surface area contributed by atoms with Crippen LogP contribution in [0.3, 0.4) is 0 Å². The topological polar surface area (TPSA) is 9.23 Å². The fraction of sp³-hybridized carbons (Fsp3) is 0.400. The van der Waals surface area contributed by atoms with Gasteiger partial charge in [0.05, 0.1) is 6.61 Å². The number of unbranched alkanes of at least 4 members (excludes halogenated alkanes) is 1. The minimum absolute atomic E-state index is 0.0786. The summed E-state index contributed by atoms with van der Waals surface area (Å²) in [6, 6.07) is 2.63. The number of hydrogen-bond donors (Lipinski definition) is 0. The third kappa shape index (κ3) is 2.47. The molecule has 1 aromatic carbocycles. The first-order chi connectivity index (χ1) is 6.66. The molecule has 2 radical (unpaired) electrons. The second kappa shape index (κ2) is 4.98. The van der Waals surface area contributed by atoms with Gasteiger partial charge in [0.25, 0.3) is 0 Å². The highest BCUT2D eigenvalue weighted by Crippen LogP contribution is 2.17. The van der Waals surface area contributed by atoms with E-state index in [1.165, 1.54) is 12.1 Å². The van der Waals surface area contributed by atoms with Crippen LogP contribution in [0, 0.1) is 11.6 Å². The molecule has 0 saturated carbocycles. The van der Waals surface area contributed by atoms with E-state index < -0.39 is 11.6 Å². The summed E-state index contributed by atoms with van der Waals surface area (Å²) in [4.78, 5) is 0. The van der Waals surface area contributed by atoms with Gasteiger partial charge < -0.3 is 4.74 Å². The molecule has 0 aliphatic rings. The molecule has 0 heterocycles. The Morgan fingerprint density at radius 2 is 2.00 bits per heavy atom. The molecule has 0 aromatic heterocycles. The lowest BCUT2D eigenvalue weighted by Crippen LogP contribution is -2.12. The zero-order chi connectivity index (χ0) is 10.6. The molecule has 0 aliphatic heterocycles. The summed E-state index contributed by atoms with van der Waals surface area (Å²) in [6.07, 6.45) is 1.75. The zero-order valence-corrected chi connectivity index (χ0v) is 8.02. The van der Waals surface area contributed by atoms with Crippen molar-refractivity contribution in [2.24, 2.45) is 0 Å². The standard InChI is InChI=1S/C10H11BF2O/c1-2-3-6-14-8-5-4-7(11)9(12)10(8)13/h4-5H,2-3,6H2,1H3. The molecular weight excluding hydrogens is 185 g/mol. The van der Waals surface area contributed by atoms with Gasteiger partial charge in [-0.25, -0.2) is 4.39 Å². The van der Waals surface area contributed by atoms with Crippen LogP contribution in [0.1, 0.15) is 19.8 Å². The maximum atomic E-state index is 13.1. The predicted molar refractivity (Wildman–Crippen MR) is 52.1 cm³/mol. The monoisotopic (exact) mass is 196 g/mol. The van der Waals surface area contributed by atoms with Gasteiger partial charge in [-0.05, 0) is 12.5 Å². The molecule has 74 valence electrons. The summed E-state index contributed by atoms with van der Waals surface area (Å²) >= 11 is 0. The van der Waals surface area contributed by atoms with E-state index in [1.807, 2.05) is 6.92 Å². The molecule has 0 saturated heterocycles. The summed E-state index contributed by atoms with van der Waals surface area (Å²) < 4.78 is 31.1. The number of ether oxygens (including phenoxy) is 1. The van der Waals surface area contributed by atoms with Crippen molar-refractivity contribution in [3.8, 4) is 5.75 Å². The normalized spacial score (nSPS) is 10.2. The van der Waals surface area contributed by atoms with Crippen LogP contribution in [0.15, 0.2) is 12.1 Å². The van der Waals surface area contributed by atoms with Crippen LogP contribution in [-0.2, 0) is 0 Å². The Morgan fingerprint density at radius 3 is 2.64 bits per heavy atom. The average molecular weight is 196 g/mol. The van der Waals surface area contributed by atoms with Gasteiger partial charge in [-0.15, -0.1) is 0 Å². The van der Waals surface area contributed by atoms with Crippen molar-refractivity contribution in [1.82, 2.24) is 0 Å². The second-order valence-electron chi connectivity index (χ2n) is 2.98. The molecule has 0 spiro atoms. The van der Waals surface area contributed by atoms with E-state index in [-0.39, 0.29) is 11.2 Å². The van der Waals surface area contributed by atoms with Crippen LogP contribution >= 0.6 is 0 Å². The van der Waals surface area contributed by atoms with Gasteiger partial charge in [0.2, 0.25) is 0 Å². The van der Waals surface area contributed by atoms with Crippen molar-refractivity contribution in [3.63, 3.8) is 0 Å². The second-order valence-corrected chi connectivity index (χ2v) is 2.98. The molecule has 1 nitrogen and oxygen atoms in total. The molecule has 0 amide bonds. The lowest BCUT2D eigenvalue weighted by molar-refractivity contribution is 0.289. The molecule has 1 rings (SSSR count). The van der Waals surface area contributed by atoms with Gasteiger partial charge in [0.15, 0.2) is 17.4 Å². The Morgan fingerprint density at radius 1 is 1.29 bits per heavy atom. The van der Waals surface area contributed by atoms with E-state index in [4.69, 9.17) is 12.6 Å². The number of rotatable bonds is 4. The Bertz CT molecular complexity index is 315. The molecule has 0 fully saturated rings. The lowest BCUT2D eigenvalue weighted by atomic mass is 9.95. The van der Waals surface area contributed by atoms with Crippen molar-refractivity contribution in [3.05, 3.63) is 23.8 Å². The maximum Gasteiger partial charge on any atom is 0.199 e. The lowest BCUT2D eigenvalue weighted by Gasteiger charge is -2.07. The fourth-order valence-corrected chi connectivity index (χ4v) is 0.985. The van der Waals surface area contributed by atoms with E-state index in [0.29, 0.717) is 6.61 Å². The zero-order valence-electron chi connectivity index (χ0n) is 8.02. The summed E-state index contributed by atoms with van der Waals surface area (Å²) in [5, 5.41) is 0. The van der Waals surface area contributed by atoms with Crippen molar-refractivity contribution < 1.29 is 13.5 Å². The van der Waals surface area contributed by atoms with Gasteiger partial charge in [-0.1, -0.05) is 24.9 Å². The number of hydrogen-bond acceptors (Lipinski definition) is 1. The number of benzene rings is 1. The first-order valence-corrected chi connectivity index (χ1v) is 4.53. The van der Waals surface area contributed by atoms with Crippen molar-refractivity contribution in [2.45, 2.75) is 19.8 Å². The van der Waals surface area contributed by atoms with Crippen LogP contribution < -0.4 is 10.2 Å². The van der Waals surface area contributed by atoms with Crippen LogP contribution in [0.2, 0.25) is 0 Å². The highest BCUT2D eigenvalue weighted by atomic mass is 19.2. The van der Waals surface area contributed by atoms with Gasteiger partial charge in [-0.3, -0.25) is 0 Å². The molecule has 0 unspecified atom stereocenters. The SMILES string of the molecule is [B]c1ccc(OCCCC)c(F)c1F. The molecule has 0 atom stereocenters. The molecule has 14 heavy (non-hydrogen) atoms. The Hall–Kier alpha value is -1.06. The van der Waals surface area contributed by atoms with Crippen LogP contribution in [-0.4, -0.2) is 14.5 Å². The Kier molecular flexibility index (Phi) is 3.92. The summed E-state index contributed by atoms with van der Waals surface area (Å²) in [5.41, 5.74) is -0.203. The molecular formula is C10H11BF2O. The first-order valence-electron chi connectivity index (χ1n) is 4.53. The van der Waals surface area contributed by atoms with E-state index in [9.17, 15) is 8.78 Å². The molecule has 4 heteroatoms. The highest BCUT2D eigenvalue weighted by Gasteiger charge is 2.10. The molecule has 0 aliphatic carbocycles. The fourth-order valence-electron chi connectivity index (χ4n) is 0.985. The Labute approximate surface area is 83.5 Å². The highest BCUT2D eigenvalue weighted by molar-refractivity contribution is 6.32. The van der Waals surface area contributed by atoms with Crippen molar-refractivity contribution in [2.75, 3.05) is 6.61 Å². The largest absolute Gasteiger partial charge is 0.490 e. The summed E-state index contributed by atoms with van der Waals surface area (Å²) in [5.74, 6) is -2.13. The predicted octanol–water partition coefficient (Wildman–Crippen LogP) is 1.94. The van der Waals surface area contributed by atoms with E-state index in [2.05, 4.69) is 0 Å². The summed E-state index contributed by atoms with van der Waals surface area (Å²) in [7, 11) is 5.17. The molecule has 0 N–H and O–H groups in total. The van der Waals surface area contributed by atoms with Gasteiger partial charge in [0.1, 0.15) is 7.85 Å². The molecule has 0 bridgehead atoms. The van der Waals surface area contributed by atoms with Gasteiger partial charge in [0, 0.05) is 0 Å². The third-order valence-corrected chi connectivity index (χ3v) is 1.83.